The van der Waals surface area contributed by atoms with Gasteiger partial charge in [0.1, 0.15) is 5.60 Å². The monoisotopic (exact) mass is 249 g/mol. The summed E-state index contributed by atoms with van der Waals surface area (Å²) >= 11 is 6.28. The number of nitrogens with zero attached hydrogens (tertiary/aromatic N) is 1. The van der Waals surface area contributed by atoms with Crippen LogP contribution in [0.25, 0.3) is 0 Å². The van der Waals surface area contributed by atoms with Crippen LogP contribution in [0, 0.1) is 0 Å². The summed E-state index contributed by atoms with van der Waals surface area (Å²) in [5.74, 6) is 0. The first-order valence-corrected chi connectivity index (χ1v) is 6.63. The quantitative estimate of drug-likeness (QED) is 0.747. The smallest absolute Gasteiger partial charge is 0.110 e. The van der Waals surface area contributed by atoms with Gasteiger partial charge >= 0.3 is 0 Å². The molecule has 3 rings (SSSR count). The number of hydrogen-bond acceptors (Lipinski definition) is 2. The van der Waals surface area contributed by atoms with Gasteiger partial charge in [-0.15, -0.1) is 0 Å². The maximum atomic E-state index is 6.28. The van der Waals surface area contributed by atoms with Crippen molar-refractivity contribution in [1.29, 1.82) is 0 Å². The van der Waals surface area contributed by atoms with Crippen LogP contribution in [0.3, 0.4) is 0 Å². The lowest BCUT2D eigenvalue weighted by atomic mass is 9.89. The molecule has 1 aliphatic carbocycles. The highest BCUT2D eigenvalue weighted by Crippen LogP contribution is 2.39. The van der Waals surface area contributed by atoms with E-state index in [4.69, 9.17) is 21.3 Å². The Kier molecular flexibility index (Phi) is 2.93. The van der Waals surface area contributed by atoms with E-state index >= 15 is 0 Å². The maximum absolute atomic E-state index is 6.28. The van der Waals surface area contributed by atoms with Gasteiger partial charge in [-0.25, -0.2) is 0 Å². The molecular formula is C14H16ClNO. The van der Waals surface area contributed by atoms with Crippen molar-refractivity contribution in [3.05, 3.63) is 34.9 Å². The number of aliphatic imine (C=N–C) groups is 1. The van der Waals surface area contributed by atoms with E-state index < -0.39 is 0 Å². The Bertz CT molecular complexity index is 449. The van der Waals surface area contributed by atoms with Gasteiger partial charge in [-0.1, -0.05) is 42.6 Å². The zero-order valence-electron chi connectivity index (χ0n) is 9.79. The van der Waals surface area contributed by atoms with Crippen molar-refractivity contribution < 1.29 is 4.74 Å². The summed E-state index contributed by atoms with van der Waals surface area (Å²) in [4.78, 5) is 4.70. The molecule has 0 radical (unpaired) electrons. The molecule has 1 aromatic carbocycles. The molecular weight excluding hydrogens is 234 g/mol. The minimum Gasteiger partial charge on any atom is -0.367 e. The predicted octanol–water partition coefficient (Wildman–Crippen LogP) is 3.47. The summed E-state index contributed by atoms with van der Waals surface area (Å²) in [5.41, 5.74) is 1.98. The first kappa shape index (κ1) is 11.2. The standard InChI is InChI=1S/C14H16ClNO/c15-12-6-2-1-5-11(12)13-14(7-3-4-8-14)17-10-9-16-13/h1-2,5-6H,3-4,7-10H2. The van der Waals surface area contributed by atoms with Gasteiger partial charge in [0.2, 0.25) is 0 Å². The van der Waals surface area contributed by atoms with Crippen LogP contribution in [0.5, 0.6) is 0 Å². The van der Waals surface area contributed by atoms with Gasteiger partial charge in [-0.3, -0.25) is 4.99 Å². The van der Waals surface area contributed by atoms with E-state index in [1.807, 2.05) is 18.2 Å². The molecule has 1 saturated carbocycles. The van der Waals surface area contributed by atoms with Crippen molar-refractivity contribution in [3.8, 4) is 0 Å². The molecule has 17 heavy (non-hydrogen) atoms. The summed E-state index contributed by atoms with van der Waals surface area (Å²) in [6.45, 7) is 1.50. The van der Waals surface area contributed by atoms with Crippen LogP contribution in [0.1, 0.15) is 31.2 Å². The third-order valence-electron chi connectivity index (χ3n) is 3.71. The Morgan fingerprint density at radius 2 is 1.94 bits per heavy atom. The van der Waals surface area contributed by atoms with Crippen LogP contribution in [-0.2, 0) is 4.74 Å². The van der Waals surface area contributed by atoms with Crippen molar-refractivity contribution in [3.63, 3.8) is 0 Å². The van der Waals surface area contributed by atoms with Crippen LogP contribution in [0.15, 0.2) is 29.3 Å². The minimum absolute atomic E-state index is 0.150. The highest BCUT2D eigenvalue weighted by Gasteiger charge is 2.42. The van der Waals surface area contributed by atoms with Gasteiger partial charge < -0.3 is 4.74 Å². The zero-order chi connectivity index (χ0) is 11.7. The van der Waals surface area contributed by atoms with Crippen LogP contribution in [0.4, 0.5) is 0 Å². The fourth-order valence-electron chi connectivity index (χ4n) is 2.92. The molecule has 0 saturated heterocycles. The number of hydrogen-bond donors (Lipinski definition) is 0. The van der Waals surface area contributed by atoms with Gasteiger partial charge in [0.05, 0.1) is 18.9 Å². The molecule has 1 heterocycles. The number of benzene rings is 1. The molecule has 3 heteroatoms. The zero-order valence-corrected chi connectivity index (χ0v) is 10.5. The van der Waals surface area contributed by atoms with Gasteiger partial charge in [-0.2, -0.15) is 0 Å². The van der Waals surface area contributed by atoms with Crippen molar-refractivity contribution in [2.24, 2.45) is 4.99 Å². The maximum Gasteiger partial charge on any atom is 0.110 e. The molecule has 0 amide bonds. The van der Waals surface area contributed by atoms with E-state index in [9.17, 15) is 0 Å². The topological polar surface area (TPSA) is 21.6 Å². The Labute approximate surface area is 107 Å². The van der Waals surface area contributed by atoms with Gasteiger partial charge in [-0.05, 0) is 18.9 Å². The summed E-state index contributed by atoms with van der Waals surface area (Å²) in [7, 11) is 0. The molecule has 2 aliphatic rings. The van der Waals surface area contributed by atoms with Gasteiger partial charge in [0.15, 0.2) is 0 Å². The summed E-state index contributed by atoms with van der Waals surface area (Å²) < 4.78 is 6.06. The SMILES string of the molecule is Clc1ccccc1C1=NCCOC12CCCC2. The molecule has 0 N–H and O–H groups in total. The van der Waals surface area contributed by atoms with E-state index in [2.05, 4.69) is 6.07 Å². The van der Waals surface area contributed by atoms with Crippen molar-refractivity contribution in [2.75, 3.05) is 13.2 Å². The summed E-state index contributed by atoms with van der Waals surface area (Å²) in [6.07, 6.45) is 4.61. The second-order valence-electron chi connectivity index (χ2n) is 4.76. The lowest BCUT2D eigenvalue weighted by molar-refractivity contribution is 0.00943. The second kappa shape index (κ2) is 4.43. The fraction of sp³-hybridized carbons (Fsp3) is 0.500. The Morgan fingerprint density at radius 3 is 2.71 bits per heavy atom. The number of ether oxygens (including phenoxy) is 1. The third kappa shape index (κ3) is 1.90. The summed E-state index contributed by atoms with van der Waals surface area (Å²) in [5, 5.41) is 0.781. The molecule has 1 aromatic rings. The third-order valence-corrected chi connectivity index (χ3v) is 4.04. The number of rotatable bonds is 1. The fourth-order valence-corrected chi connectivity index (χ4v) is 3.15. The Morgan fingerprint density at radius 1 is 1.18 bits per heavy atom. The minimum atomic E-state index is -0.150. The second-order valence-corrected chi connectivity index (χ2v) is 5.17. The molecule has 0 atom stereocenters. The van der Waals surface area contributed by atoms with Crippen molar-refractivity contribution in [1.82, 2.24) is 0 Å². The normalized spacial score (nSPS) is 22.8. The predicted molar refractivity (Wildman–Crippen MR) is 70.0 cm³/mol. The molecule has 0 aromatic heterocycles. The molecule has 0 bridgehead atoms. The van der Waals surface area contributed by atoms with Crippen LogP contribution in [-0.4, -0.2) is 24.5 Å². The van der Waals surface area contributed by atoms with Crippen LogP contribution >= 0.6 is 11.6 Å². The summed E-state index contributed by atoms with van der Waals surface area (Å²) in [6, 6.07) is 7.95. The molecule has 90 valence electrons. The first-order valence-electron chi connectivity index (χ1n) is 6.26. The van der Waals surface area contributed by atoms with Crippen LogP contribution in [0.2, 0.25) is 5.02 Å². The average molecular weight is 250 g/mol. The molecule has 2 nitrogen and oxygen atoms in total. The number of halogens is 1. The van der Waals surface area contributed by atoms with E-state index in [0.717, 1.165) is 42.3 Å². The van der Waals surface area contributed by atoms with E-state index in [1.54, 1.807) is 0 Å². The highest BCUT2D eigenvalue weighted by atomic mass is 35.5. The first-order chi connectivity index (χ1) is 8.32. The van der Waals surface area contributed by atoms with Gasteiger partial charge in [0.25, 0.3) is 0 Å². The van der Waals surface area contributed by atoms with Crippen molar-refractivity contribution in [2.45, 2.75) is 31.3 Å². The molecule has 1 aliphatic heterocycles. The molecule has 1 spiro atoms. The average Bonchev–Trinajstić information content (AvgIpc) is 2.80. The van der Waals surface area contributed by atoms with Crippen LogP contribution < -0.4 is 0 Å². The van der Waals surface area contributed by atoms with E-state index in [-0.39, 0.29) is 5.60 Å². The van der Waals surface area contributed by atoms with E-state index in [1.165, 1.54) is 12.8 Å². The van der Waals surface area contributed by atoms with E-state index in [0.29, 0.717) is 0 Å². The lowest BCUT2D eigenvalue weighted by Gasteiger charge is -2.34. The lowest BCUT2D eigenvalue weighted by Crippen LogP contribution is -2.43. The molecule has 0 unspecified atom stereocenters. The Balaban J connectivity index is 2.05. The highest BCUT2D eigenvalue weighted by molar-refractivity contribution is 6.34. The largest absolute Gasteiger partial charge is 0.367 e. The van der Waals surface area contributed by atoms with Crippen molar-refractivity contribution >= 4 is 17.3 Å². The van der Waals surface area contributed by atoms with Gasteiger partial charge in [0, 0.05) is 10.6 Å². The molecule has 1 fully saturated rings. The Hall–Kier alpha value is -0.860.